The van der Waals surface area contributed by atoms with Crippen LogP contribution in [0.1, 0.15) is 19.2 Å². The van der Waals surface area contributed by atoms with E-state index in [1.165, 1.54) is 0 Å². The number of hydrogen-bond acceptors (Lipinski definition) is 4. The molecule has 1 aliphatic rings. The van der Waals surface area contributed by atoms with Gasteiger partial charge in [0, 0.05) is 31.8 Å². The van der Waals surface area contributed by atoms with E-state index in [1.807, 2.05) is 28.8 Å². The third-order valence-electron chi connectivity index (χ3n) is 3.52. The van der Waals surface area contributed by atoms with Crippen molar-refractivity contribution in [3.63, 3.8) is 0 Å². The highest BCUT2D eigenvalue weighted by atomic mass is 16.5. The molecule has 0 aromatic carbocycles. The first-order chi connectivity index (χ1) is 8.84. The van der Waals surface area contributed by atoms with E-state index in [-0.39, 0.29) is 0 Å². The molecule has 1 N–H and O–H groups in total. The first kappa shape index (κ1) is 11.6. The Morgan fingerprint density at radius 3 is 3.22 bits per heavy atom. The number of aromatic nitrogens is 3. The Bertz CT molecular complexity index is 524. The van der Waals surface area contributed by atoms with E-state index in [9.17, 15) is 0 Å². The van der Waals surface area contributed by atoms with Gasteiger partial charge in [-0.3, -0.25) is 4.40 Å². The van der Waals surface area contributed by atoms with E-state index in [0.29, 0.717) is 12.1 Å². The van der Waals surface area contributed by atoms with Gasteiger partial charge in [0.1, 0.15) is 5.82 Å². The summed E-state index contributed by atoms with van der Waals surface area (Å²) in [5.74, 6) is 1.00. The zero-order valence-corrected chi connectivity index (χ0v) is 10.5. The summed E-state index contributed by atoms with van der Waals surface area (Å²) in [6, 6.07) is 6.42. The fraction of sp³-hybridized carbons (Fsp3) is 0.538. The van der Waals surface area contributed by atoms with E-state index in [1.54, 1.807) is 0 Å². The molecule has 2 aromatic heterocycles. The molecule has 1 saturated heterocycles. The number of fused-ring (bicyclic) bond motifs is 1. The topological polar surface area (TPSA) is 51.5 Å². The lowest BCUT2D eigenvalue weighted by atomic mass is 10.1. The van der Waals surface area contributed by atoms with Gasteiger partial charge in [0.2, 0.25) is 0 Å². The van der Waals surface area contributed by atoms with E-state index in [4.69, 9.17) is 4.74 Å². The monoisotopic (exact) mass is 246 g/mol. The molecular formula is C13H18N4O. The van der Waals surface area contributed by atoms with E-state index in [0.717, 1.165) is 37.5 Å². The summed E-state index contributed by atoms with van der Waals surface area (Å²) < 4.78 is 7.57. The predicted molar refractivity (Wildman–Crippen MR) is 68.5 cm³/mol. The lowest BCUT2D eigenvalue weighted by molar-refractivity contribution is 0.113. The molecule has 0 radical (unpaired) electrons. The summed E-state index contributed by atoms with van der Waals surface area (Å²) in [5.41, 5.74) is 0.907. The fourth-order valence-corrected chi connectivity index (χ4v) is 2.43. The second kappa shape index (κ2) is 5.04. The maximum atomic E-state index is 5.53. The Morgan fingerprint density at radius 1 is 1.44 bits per heavy atom. The van der Waals surface area contributed by atoms with Gasteiger partial charge in [0.25, 0.3) is 0 Å². The molecule has 96 valence electrons. The van der Waals surface area contributed by atoms with Gasteiger partial charge in [-0.2, -0.15) is 0 Å². The lowest BCUT2D eigenvalue weighted by Gasteiger charge is -2.15. The quantitative estimate of drug-likeness (QED) is 0.875. The fourth-order valence-electron chi connectivity index (χ4n) is 2.43. The van der Waals surface area contributed by atoms with Gasteiger partial charge in [-0.15, -0.1) is 10.2 Å². The molecule has 2 aromatic rings. The second-order valence-corrected chi connectivity index (χ2v) is 4.72. The molecular weight excluding hydrogens is 228 g/mol. The van der Waals surface area contributed by atoms with Crippen LogP contribution in [0.25, 0.3) is 5.65 Å². The number of hydrogen-bond donors (Lipinski definition) is 1. The van der Waals surface area contributed by atoms with Gasteiger partial charge in [-0.25, -0.2) is 0 Å². The molecule has 3 rings (SSSR count). The van der Waals surface area contributed by atoms with Crippen LogP contribution in [0.2, 0.25) is 0 Å². The summed E-state index contributed by atoms with van der Waals surface area (Å²) in [5, 5.41) is 11.9. The predicted octanol–water partition coefficient (Wildman–Crippen LogP) is 1.04. The number of pyridine rings is 1. The standard InChI is InChI=1S/C13H18N4O/c1-10-11(6-9-18-10)14-7-5-13-16-15-12-4-2-3-8-17(12)13/h2-4,8,10-11,14H,5-7,9H2,1H3. The third kappa shape index (κ3) is 2.23. The average Bonchev–Trinajstić information content (AvgIpc) is 2.97. The van der Waals surface area contributed by atoms with E-state index >= 15 is 0 Å². The highest BCUT2D eigenvalue weighted by Gasteiger charge is 2.23. The molecule has 0 aliphatic carbocycles. The summed E-state index contributed by atoms with van der Waals surface area (Å²) in [4.78, 5) is 0. The highest BCUT2D eigenvalue weighted by molar-refractivity contribution is 5.36. The Hall–Kier alpha value is -1.46. The zero-order valence-electron chi connectivity index (χ0n) is 10.5. The van der Waals surface area contributed by atoms with Crippen molar-refractivity contribution in [3.8, 4) is 0 Å². The van der Waals surface area contributed by atoms with Crippen LogP contribution in [0.15, 0.2) is 24.4 Å². The SMILES string of the molecule is CC1OCCC1NCCc1nnc2ccccn12. The highest BCUT2D eigenvalue weighted by Crippen LogP contribution is 2.12. The molecule has 0 saturated carbocycles. The molecule has 3 heterocycles. The summed E-state index contributed by atoms with van der Waals surface area (Å²) in [7, 11) is 0. The van der Waals surface area contributed by atoms with E-state index in [2.05, 4.69) is 22.4 Å². The molecule has 5 nitrogen and oxygen atoms in total. The van der Waals surface area contributed by atoms with E-state index < -0.39 is 0 Å². The van der Waals surface area contributed by atoms with Gasteiger partial charge < -0.3 is 10.1 Å². The van der Waals surface area contributed by atoms with Gasteiger partial charge in [-0.1, -0.05) is 6.07 Å². The van der Waals surface area contributed by atoms with Gasteiger partial charge >= 0.3 is 0 Å². The van der Waals surface area contributed by atoms with Gasteiger partial charge in [0.05, 0.1) is 6.10 Å². The first-order valence-electron chi connectivity index (χ1n) is 6.48. The summed E-state index contributed by atoms with van der Waals surface area (Å²) in [6.45, 7) is 3.90. The smallest absolute Gasteiger partial charge is 0.160 e. The van der Waals surface area contributed by atoms with Crippen molar-refractivity contribution in [2.45, 2.75) is 31.9 Å². The molecule has 1 fully saturated rings. The Balaban J connectivity index is 1.60. The molecule has 2 atom stereocenters. The molecule has 5 heteroatoms. The largest absolute Gasteiger partial charge is 0.377 e. The number of nitrogens with one attached hydrogen (secondary N) is 1. The molecule has 1 aliphatic heterocycles. The zero-order chi connectivity index (χ0) is 12.4. The Labute approximate surface area is 106 Å². The van der Waals surface area contributed by atoms with Crippen LogP contribution in [0.5, 0.6) is 0 Å². The van der Waals surface area contributed by atoms with Crippen LogP contribution in [0, 0.1) is 0 Å². The lowest BCUT2D eigenvalue weighted by Crippen LogP contribution is -2.36. The molecule has 0 bridgehead atoms. The Morgan fingerprint density at radius 2 is 2.39 bits per heavy atom. The molecule has 0 amide bonds. The summed E-state index contributed by atoms with van der Waals surface area (Å²) >= 11 is 0. The number of ether oxygens (including phenoxy) is 1. The van der Waals surface area contributed by atoms with Crippen molar-refractivity contribution < 1.29 is 4.74 Å². The first-order valence-corrected chi connectivity index (χ1v) is 6.48. The van der Waals surface area contributed by atoms with Crippen LogP contribution in [0.3, 0.4) is 0 Å². The minimum absolute atomic E-state index is 0.320. The number of rotatable bonds is 4. The van der Waals surface area contributed by atoms with Crippen LogP contribution < -0.4 is 5.32 Å². The van der Waals surface area contributed by atoms with Gasteiger partial charge in [0.15, 0.2) is 5.65 Å². The number of nitrogens with zero attached hydrogens (tertiary/aromatic N) is 3. The van der Waals surface area contributed by atoms with Gasteiger partial charge in [-0.05, 0) is 25.5 Å². The minimum Gasteiger partial charge on any atom is -0.377 e. The van der Waals surface area contributed by atoms with Crippen molar-refractivity contribution in [1.29, 1.82) is 0 Å². The summed E-state index contributed by atoms with van der Waals surface area (Å²) in [6.07, 6.45) is 4.31. The molecule has 2 unspecified atom stereocenters. The minimum atomic E-state index is 0.320. The van der Waals surface area contributed by atoms with Crippen molar-refractivity contribution >= 4 is 5.65 Å². The maximum Gasteiger partial charge on any atom is 0.160 e. The Kier molecular flexibility index (Phi) is 3.25. The van der Waals surface area contributed by atoms with Crippen LogP contribution in [0.4, 0.5) is 0 Å². The van der Waals surface area contributed by atoms with Crippen molar-refractivity contribution in [2.75, 3.05) is 13.2 Å². The second-order valence-electron chi connectivity index (χ2n) is 4.72. The molecule has 18 heavy (non-hydrogen) atoms. The molecule has 0 spiro atoms. The third-order valence-corrected chi connectivity index (χ3v) is 3.52. The van der Waals surface area contributed by atoms with Crippen molar-refractivity contribution in [1.82, 2.24) is 19.9 Å². The van der Waals surface area contributed by atoms with Crippen LogP contribution >= 0.6 is 0 Å². The average molecular weight is 246 g/mol. The van der Waals surface area contributed by atoms with Crippen LogP contribution in [-0.4, -0.2) is 39.9 Å². The normalized spacial score (nSPS) is 23.8. The van der Waals surface area contributed by atoms with Crippen molar-refractivity contribution in [2.24, 2.45) is 0 Å². The van der Waals surface area contributed by atoms with Crippen LogP contribution in [-0.2, 0) is 11.2 Å². The maximum absolute atomic E-state index is 5.53. The van der Waals surface area contributed by atoms with Crippen molar-refractivity contribution in [3.05, 3.63) is 30.2 Å².